The zero-order valence-electron chi connectivity index (χ0n) is 15.2. The Balaban J connectivity index is 1.55. The molecule has 1 amide bonds. The van der Waals surface area contributed by atoms with E-state index in [2.05, 4.69) is 17.4 Å². The number of nitrogens with one attached hydrogen (secondary N) is 1. The third-order valence-corrected chi connectivity index (χ3v) is 7.29. The second kappa shape index (κ2) is 7.35. The van der Waals surface area contributed by atoms with Gasteiger partial charge in [0.15, 0.2) is 0 Å². The molecule has 1 saturated heterocycles. The molecular formula is C21H24N2O3S. The Morgan fingerprint density at radius 1 is 1.04 bits per heavy atom. The van der Waals surface area contributed by atoms with E-state index in [1.165, 1.54) is 15.4 Å². The molecule has 27 heavy (non-hydrogen) atoms. The predicted octanol–water partition coefficient (Wildman–Crippen LogP) is 3.42. The van der Waals surface area contributed by atoms with Gasteiger partial charge in [-0.15, -0.1) is 0 Å². The van der Waals surface area contributed by atoms with Crippen LogP contribution in [-0.4, -0.2) is 26.6 Å². The van der Waals surface area contributed by atoms with Crippen molar-refractivity contribution in [2.24, 2.45) is 0 Å². The van der Waals surface area contributed by atoms with Gasteiger partial charge in [-0.3, -0.25) is 9.10 Å². The minimum Gasteiger partial charge on any atom is -0.345 e. The largest absolute Gasteiger partial charge is 0.345 e. The second-order valence-corrected chi connectivity index (χ2v) is 9.28. The van der Waals surface area contributed by atoms with Crippen molar-refractivity contribution >= 4 is 21.6 Å². The van der Waals surface area contributed by atoms with E-state index in [1.54, 1.807) is 24.3 Å². The minimum atomic E-state index is -3.28. The first-order chi connectivity index (χ1) is 13.0. The maximum Gasteiger partial charge on any atom is 0.251 e. The van der Waals surface area contributed by atoms with E-state index in [4.69, 9.17) is 0 Å². The van der Waals surface area contributed by atoms with E-state index in [0.717, 1.165) is 25.7 Å². The van der Waals surface area contributed by atoms with Gasteiger partial charge < -0.3 is 5.32 Å². The first kappa shape index (κ1) is 18.0. The van der Waals surface area contributed by atoms with Crippen LogP contribution in [0, 0.1) is 0 Å². The van der Waals surface area contributed by atoms with Gasteiger partial charge in [0.05, 0.1) is 17.5 Å². The summed E-state index contributed by atoms with van der Waals surface area (Å²) in [4.78, 5) is 12.8. The Hall–Kier alpha value is -2.34. The molecule has 1 heterocycles. The molecule has 0 radical (unpaired) electrons. The molecule has 6 heteroatoms. The lowest BCUT2D eigenvalue weighted by atomic mass is 9.87. The van der Waals surface area contributed by atoms with Crippen molar-refractivity contribution < 1.29 is 13.2 Å². The van der Waals surface area contributed by atoms with Gasteiger partial charge in [-0.05, 0) is 61.4 Å². The second-order valence-electron chi connectivity index (χ2n) is 7.26. The van der Waals surface area contributed by atoms with Crippen LogP contribution in [0.3, 0.4) is 0 Å². The summed E-state index contributed by atoms with van der Waals surface area (Å²) in [5.74, 6) is 0.00963. The van der Waals surface area contributed by atoms with Gasteiger partial charge in [0.25, 0.3) is 5.91 Å². The molecule has 0 saturated carbocycles. The zero-order valence-corrected chi connectivity index (χ0v) is 16.0. The molecule has 1 N–H and O–H groups in total. The van der Waals surface area contributed by atoms with Crippen molar-refractivity contribution in [3.63, 3.8) is 0 Å². The SMILES string of the molecule is O=C(N[C@@H]1CCCc2ccccc21)c1cccc(N2CCCCS2(=O)=O)c1. The normalized spacial score (nSPS) is 21.3. The summed E-state index contributed by atoms with van der Waals surface area (Å²) in [5, 5.41) is 3.14. The number of anilines is 1. The van der Waals surface area contributed by atoms with E-state index in [1.807, 2.05) is 12.1 Å². The average molecular weight is 385 g/mol. The number of hydrogen-bond acceptors (Lipinski definition) is 3. The highest BCUT2D eigenvalue weighted by Crippen LogP contribution is 2.30. The lowest BCUT2D eigenvalue weighted by molar-refractivity contribution is 0.0932. The van der Waals surface area contributed by atoms with Crippen LogP contribution in [0.2, 0.25) is 0 Å². The summed E-state index contributed by atoms with van der Waals surface area (Å²) >= 11 is 0. The van der Waals surface area contributed by atoms with Crippen molar-refractivity contribution in [1.29, 1.82) is 0 Å². The number of carbonyl (C=O) groups excluding carboxylic acids is 1. The fourth-order valence-corrected chi connectivity index (χ4v) is 5.66. The van der Waals surface area contributed by atoms with Gasteiger partial charge in [0.2, 0.25) is 10.0 Å². The lowest BCUT2D eigenvalue weighted by Crippen LogP contribution is -2.38. The molecule has 1 aliphatic carbocycles. The zero-order chi connectivity index (χ0) is 18.9. The van der Waals surface area contributed by atoms with E-state index in [9.17, 15) is 13.2 Å². The highest BCUT2D eigenvalue weighted by atomic mass is 32.2. The third kappa shape index (κ3) is 3.72. The number of benzene rings is 2. The molecule has 4 rings (SSSR count). The number of hydrogen-bond donors (Lipinski definition) is 1. The number of amides is 1. The Morgan fingerprint density at radius 2 is 1.89 bits per heavy atom. The van der Waals surface area contributed by atoms with Gasteiger partial charge in [-0.2, -0.15) is 0 Å². The van der Waals surface area contributed by atoms with Gasteiger partial charge in [-0.25, -0.2) is 8.42 Å². The minimum absolute atomic E-state index is 0.00447. The molecule has 0 unspecified atom stereocenters. The fourth-order valence-electron chi connectivity index (χ4n) is 4.03. The van der Waals surface area contributed by atoms with Crippen molar-refractivity contribution in [2.45, 2.75) is 38.1 Å². The third-order valence-electron chi connectivity index (χ3n) is 5.42. The van der Waals surface area contributed by atoms with Crippen molar-refractivity contribution in [3.8, 4) is 0 Å². The first-order valence-corrected chi connectivity index (χ1v) is 11.1. The van der Waals surface area contributed by atoms with E-state index >= 15 is 0 Å². The van der Waals surface area contributed by atoms with Gasteiger partial charge in [0.1, 0.15) is 0 Å². The maximum atomic E-state index is 12.8. The van der Waals surface area contributed by atoms with Crippen molar-refractivity contribution in [3.05, 3.63) is 65.2 Å². The van der Waals surface area contributed by atoms with Crippen molar-refractivity contribution in [2.75, 3.05) is 16.6 Å². The highest BCUT2D eigenvalue weighted by molar-refractivity contribution is 7.92. The fraction of sp³-hybridized carbons (Fsp3) is 0.381. The molecule has 0 aromatic heterocycles. The number of aryl methyl sites for hydroxylation is 1. The topological polar surface area (TPSA) is 66.5 Å². The van der Waals surface area contributed by atoms with Gasteiger partial charge in [-0.1, -0.05) is 30.3 Å². The lowest BCUT2D eigenvalue weighted by Gasteiger charge is -2.29. The summed E-state index contributed by atoms with van der Waals surface area (Å²) in [6.45, 7) is 0.476. The molecule has 0 spiro atoms. The van der Waals surface area contributed by atoms with Crippen LogP contribution < -0.4 is 9.62 Å². The summed E-state index contributed by atoms with van der Waals surface area (Å²) < 4.78 is 26.1. The number of carbonyl (C=O) groups is 1. The summed E-state index contributed by atoms with van der Waals surface area (Å²) in [5.41, 5.74) is 3.55. The molecule has 1 fully saturated rings. The summed E-state index contributed by atoms with van der Waals surface area (Å²) in [6.07, 6.45) is 4.55. The van der Waals surface area contributed by atoms with Gasteiger partial charge in [0, 0.05) is 12.1 Å². The Labute approximate surface area is 160 Å². The molecule has 142 valence electrons. The molecule has 2 aromatic rings. The van der Waals surface area contributed by atoms with Crippen LogP contribution in [0.25, 0.3) is 0 Å². The number of rotatable bonds is 3. The number of fused-ring (bicyclic) bond motifs is 1. The van der Waals surface area contributed by atoms with E-state index < -0.39 is 10.0 Å². The molecule has 1 aliphatic heterocycles. The van der Waals surface area contributed by atoms with Crippen LogP contribution in [0.5, 0.6) is 0 Å². The quantitative estimate of drug-likeness (QED) is 0.882. The number of nitrogens with zero attached hydrogens (tertiary/aromatic N) is 1. The summed E-state index contributed by atoms with van der Waals surface area (Å²) in [6, 6.07) is 15.2. The Bertz CT molecular complexity index is 955. The molecular weight excluding hydrogens is 360 g/mol. The van der Waals surface area contributed by atoms with Crippen LogP contribution in [-0.2, 0) is 16.4 Å². The molecule has 2 aromatic carbocycles. The maximum absolute atomic E-state index is 12.8. The number of sulfonamides is 1. The van der Waals surface area contributed by atoms with Crippen LogP contribution in [0.4, 0.5) is 5.69 Å². The standard InChI is InChI=1S/C21H24N2O3S/c24-21(22-20-12-6-8-16-7-1-2-11-19(16)20)17-9-5-10-18(15-17)23-13-3-4-14-27(23,25)26/h1-2,5,7,9-11,15,20H,3-4,6,8,12-14H2,(H,22,24)/t20-/m1/s1. The summed E-state index contributed by atoms with van der Waals surface area (Å²) in [7, 11) is -3.28. The molecule has 0 bridgehead atoms. The van der Waals surface area contributed by atoms with Crippen molar-refractivity contribution in [1.82, 2.24) is 5.32 Å². The molecule has 2 aliphatic rings. The molecule has 5 nitrogen and oxygen atoms in total. The Morgan fingerprint density at radius 3 is 2.74 bits per heavy atom. The monoisotopic (exact) mass is 384 g/mol. The Kier molecular flexibility index (Phi) is 4.91. The van der Waals surface area contributed by atoms with Crippen LogP contribution in [0.1, 0.15) is 53.2 Å². The predicted molar refractivity (Wildman–Crippen MR) is 106 cm³/mol. The molecule has 1 atom stereocenters. The van der Waals surface area contributed by atoms with Crippen LogP contribution in [0.15, 0.2) is 48.5 Å². The average Bonchev–Trinajstić information content (AvgIpc) is 2.68. The van der Waals surface area contributed by atoms with Crippen LogP contribution >= 0.6 is 0 Å². The van der Waals surface area contributed by atoms with Gasteiger partial charge >= 0.3 is 0 Å². The highest BCUT2D eigenvalue weighted by Gasteiger charge is 2.27. The van der Waals surface area contributed by atoms with E-state index in [-0.39, 0.29) is 17.7 Å². The smallest absolute Gasteiger partial charge is 0.251 e. The van der Waals surface area contributed by atoms with E-state index in [0.29, 0.717) is 24.2 Å². The first-order valence-electron chi connectivity index (χ1n) is 9.54.